The van der Waals surface area contributed by atoms with Crippen LogP contribution in [0.3, 0.4) is 0 Å². The van der Waals surface area contributed by atoms with Crippen molar-refractivity contribution in [3.05, 3.63) is 281 Å². The predicted molar refractivity (Wildman–Crippen MR) is 253 cm³/mol. The van der Waals surface area contributed by atoms with Crippen molar-refractivity contribution >= 4 is 27.8 Å². The lowest BCUT2D eigenvalue weighted by Crippen LogP contribution is -2.32. The number of nitrogens with zero attached hydrogens (tertiary/aromatic N) is 1. The zero-order valence-electron chi connectivity index (χ0n) is 33.9. The topological polar surface area (TPSA) is 12.5 Å². The fourth-order valence-electron chi connectivity index (χ4n) is 11.4. The van der Waals surface area contributed by atoms with Crippen molar-refractivity contribution < 1.29 is 4.74 Å². The monoisotopic (exact) mass is 789 g/mol. The number of fused-ring (bicyclic) bond motifs is 14. The Kier molecular flexibility index (Phi) is 7.47. The van der Waals surface area contributed by atoms with Gasteiger partial charge in [0.05, 0.1) is 10.8 Å². The van der Waals surface area contributed by atoms with Gasteiger partial charge in [0.2, 0.25) is 0 Å². The van der Waals surface area contributed by atoms with Crippen molar-refractivity contribution in [2.45, 2.75) is 10.8 Å². The van der Waals surface area contributed by atoms with Gasteiger partial charge < -0.3 is 9.64 Å². The molecule has 1 unspecified atom stereocenters. The molecule has 1 atom stereocenters. The number of hydrogen-bond acceptors (Lipinski definition) is 2. The summed E-state index contributed by atoms with van der Waals surface area (Å²) in [6.07, 6.45) is 0. The van der Waals surface area contributed by atoms with E-state index in [1.165, 1.54) is 77.5 Å². The van der Waals surface area contributed by atoms with Crippen LogP contribution in [0.5, 0.6) is 11.5 Å². The van der Waals surface area contributed by atoms with Gasteiger partial charge in [-0.15, -0.1) is 0 Å². The first-order valence-electron chi connectivity index (χ1n) is 21.5. The summed E-state index contributed by atoms with van der Waals surface area (Å²) in [5.74, 6) is 1.80. The first-order chi connectivity index (χ1) is 30.8. The summed E-state index contributed by atoms with van der Waals surface area (Å²) < 4.78 is 6.62. The maximum atomic E-state index is 6.62. The molecule has 0 fully saturated rings. The summed E-state index contributed by atoms with van der Waals surface area (Å²) in [6.45, 7) is 0. The fourth-order valence-corrected chi connectivity index (χ4v) is 11.4. The van der Waals surface area contributed by atoms with Gasteiger partial charge in [0.25, 0.3) is 0 Å². The van der Waals surface area contributed by atoms with Crippen LogP contribution >= 0.6 is 0 Å². The minimum Gasteiger partial charge on any atom is -0.457 e. The van der Waals surface area contributed by atoms with E-state index >= 15 is 0 Å². The van der Waals surface area contributed by atoms with Crippen LogP contribution in [-0.2, 0) is 10.8 Å². The molecule has 10 aromatic carbocycles. The zero-order valence-corrected chi connectivity index (χ0v) is 33.9. The SMILES string of the molecule is c1ccc(N(c2cccc(C3(c4ccccc4)c4ccccc4-c4ccc5ccccc5c43)c2)c2ccc3c(c2)-c2ccccc2C32c3ccccc3Oc3ccccc32)cc1. The molecule has 1 spiro atoms. The number of ether oxygens (including phenoxy) is 1. The van der Waals surface area contributed by atoms with Gasteiger partial charge in [0, 0.05) is 28.2 Å². The molecule has 1 aliphatic heterocycles. The molecule has 1 heterocycles. The van der Waals surface area contributed by atoms with Crippen molar-refractivity contribution in [3.63, 3.8) is 0 Å². The van der Waals surface area contributed by atoms with E-state index in [-0.39, 0.29) is 0 Å². The van der Waals surface area contributed by atoms with E-state index in [9.17, 15) is 0 Å². The maximum absolute atomic E-state index is 6.62. The molecule has 3 aliphatic rings. The van der Waals surface area contributed by atoms with Gasteiger partial charge in [-0.1, -0.05) is 188 Å². The Morgan fingerprint density at radius 3 is 1.58 bits per heavy atom. The highest BCUT2D eigenvalue weighted by Crippen LogP contribution is 2.63. The van der Waals surface area contributed by atoms with Crippen molar-refractivity contribution in [3.8, 4) is 33.8 Å². The third kappa shape index (κ3) is 4.64. The Morgan fingerprint density at radius 2 is 0.839 bits per heavy atom. The van der Waals surface area contributed by atoms with Gasteiger partial charge in [-0.3, -0.25) is 0 Å². The van der Waals surface area contributed by atoms with Crippen LogP contribution in [0.2, 0.25) is 0 Å². The van der Waals surface area contributed by atoms with Gasteiger partial charge in [-0.25, -0.2) is 0 Å². The van der Waals surface area contributed by atoms with Gasteiger partial charge in [-0.2, -0.15) is 0 Å². The predicted octanol–water partition coefficient (Wildman–Crippen LogP) is 15.1. The highest BCUT2D eigenvalue weighted by molar-refractivity contribution is 6.00. The first kappa shape index (κ1) is 34.9. The van der Waals surface area contributed by atoms with Crippen LogP contribution in [-0.4, -0.2) is 0 Å². The molecule has 0 amide bonds. The molecule has 62 heavy (non-hydrogen) atoms. The summed E-state index contributed by atoms with van der Waals surface area (Å²) in [7, 11) is 0. The van der Waals surface area contributed by atoms with E-state index in [0.717, 1.165) is 28.6 Å². The molecule has 0 bridgehead atoms. The van der Waals surface area contributed by atoms with Crippen molar-refractivity contribution in [1.29, 1.82) is 0 Å². The zero-order chi connectivity index (χ0) is 40.8. The molecule has 290 valence electrons. The summed E-state index contributed by atoms with van der Waals surface area (Å²) in [6, 6.07) is 87.1. The first-order valence-corrected chi connectivity index (χ1v) is 21.5. The second-order valence-electron chi connectivity index (χ2n) is 16.7. The third-order valence-corrected chi connectivity index (χ3v) is 13.8. The van der Waals surface area contributed by atoms with E-state index in [1.807, 2.05) is 0 Å². The summed E-state index contributed by atoms with van der Waals surface area (Å²) in [5.41, 5.74) is 17.2. The number of para-hydroxylation sites is 3. The molecule has 0 radical (unpaired) electrons. The third-order valence-electron chi connectivity index (χ3n) is 13.8. The standard InChI is InChI=1S/C60H39NO/c1-3-19-41(20-4-1)59(51-28-11-9-26-47(51)49-36-34-40-18-7-8-25-46(40)58(49)59)42-21-17-24-44(38-42)61(43-22-5-2-6-23-43)45-35-37-53-50(39-45)48-27-10-12-29-52(48)60(53)54-30-13-15-32-56(54)62-57-33-16-14-31-55(57)60/h1-39H. The normalized spacial score (nSPS) is 15.7. The smallest absolute Gasteiger partial charge is 0.132 e. The molecule has 13 rings (SSSR count). The van der Waals surface area contributed by atoms with E-state index in [2.05, 4.69) is 241 Å². The molecule has 0 N–H and O–H groups in total. The Balaban J connectivity index is 1.06. The number of benzene rings is 10. The van der Waals surface area contributed by atoms with E-state index in [0.29, 0.717) is 0 Å². The highest BCUT2D eigenvalue weighted by atomic mass is 16.5. The minimum atomic E-state index is -0.570. The Hall–Kier alpha value is -7.94. The van der Waals surface area contributed by atoms with Gasteiger partial charge in [-0.05, 0) is 115 Å². The fraction of sp³-hybridized carbons (Fsp3) is 0.0333. The lowest BCUT2D eigenvalue weighted by molar-refractivity contribution is 0.436. The molecule has 0 saturated heterocycles. The Bertz CT molecular complexity index is 3360. The van der Waals surface area contributed by atoms with E-state index in [1.54, 1.807) is 0 Å². The molecule has 10 aromatic rings. The molecular formula is C60H39NO. The molecule has 0 aromatic heterocycles. The van der Waals surface area contributed by atoms with E-state index < -0.39 is 10.8 Å². The number of rotatable bonds is 5. The molecular weight excluding hydrogens is 751 g/mol. The lowest BCUT2D eigenvalue weighted by Gasteiger charge is -2.39. The molecule has 2 aliphatic carbocycles. The quantitative estimate of drug-likeness (QED) is 0.172. The summed E-state index contributed by atoms with van der Waals surface area (Å²) in [4.78, 5) is 2.44. The summed E-state index contributed by atoms with van der Waals surface area (Å²) >= 11 is 0. The molecule has 2 nitrogen and oxygen atoms in total. The Morgan fingerprint density at radius 1 is 0.306 bits per heavy atom. The van der Waals surface area contributed by atoms with Crippen LogP contribution in [0.15, 0.2) is 237 Å². The average molecular weight is 790 g/mol. The average Bonchev–Trinajstić information content (AvgIpc) is 3.81. The van der Waals surface area contributed by atoms with Gasteiger partial charge in [0.15, 0.2) is 0 Å². The Labute approximate surface area is 361 Å². The molecule has 2 heteroatoms. The van der Waals surface area contributed by atoms with E-state index in [4.69, 9.17) is 4.74 Å². The van der Waals surface area contributed by atoms with Gasteiger partial charge >= 0.3 is 0 Å². The summed E-state index contributed by atoms with van der Waals surface area (Å²) in [5, 5.41) is 2.52. The van der Waals surface area contributed by atoms with Crippen molar-refractivity contribution in [2.75, 3.05) is 4.90 Å². The second kappa shape index (κ2) is 13.3. The van der Waals surface area contributed by atoms with Crippen LogP contribution in [0.25, 0.3) is 33.0 Å². The van der Waals surface area contributed by atoms with Crippen molar-refractivity contribution in [1.82, 2.24) is 0 Å². The molecule has 0 saturated carbocycles. The van der Waals surface area contributed by atoms with Crippen LogP contribution < -0.4 is 9.64 Å². The minimum absolute atomic E-state index is 0.526. The maximum Gasteiger partial charge on any atom is 0.132 e. The van der Waals surface area contributed by atoms with Crippen molar-refractivity contribution in [2.24, 2.45) is 0 Å². The largest absolute Gasteiger partial charge is 0.457 e. The van der Waals surface area contributed by atoms with Crippen LogP contribution in [0.4, 0.5) is 17.1 Å². The second-order valence-corrected chi connectivity index (χ2v) is 16.7. The number of anilines is 3. The van der Waals surface area contributed by atoms with Gasteiger partial charge in [0.1, 0.15) is 11.5 Å². The van der Waals surface area contributed by atoms with Crippen LogP contribution in [0.1, 0.15) is 44.5 Å². The number of hydrogen-bond donors (Lipinski definition) is 0. The van der Waals surface area contributed by atoms with Crippen LogP contribution in [0, 0.1) is 0 Å². The lowest BCUT2D eigenvalue weighted by atomic mass is 9.66. The highest BCUT2D eigenvalue weighted by Gasteiger charge is 2.51.